The maximum Gasteiger partial charge on any atom is 0.230 e. The minimum absolute atomic E-state index is 0.138. The monoisotopic (exact) mass is 384 g/mol. The molecule has 7 heteroatoms. The number of rotatable bonds is 6. The fraction of sp³-hybridized carbons (Fsp3) is 0.524. The molecule has 2 N–H and O–H groups in total. The van der Waals surface area contributed by atoms with Gasteiger partial charge in [-0.1, -0.05) is 0 Å². The SMILES string of the molecule is OC1CCC(COc2ccnc(Nc3ccc(N4CCOCC4)cc3)n2)CC1. The molecule has 28 heavy (non-hydrogen) atoms. The van der Waals surface area contributed by atoms with Crippen LogP contribution in [0.2, 0.25) is 0 Å². The summed E-state index contributed by atoms with van der Waals surface area (Å²) in [5, 5.41) is 12.8. The van der Waals surface area contributed by atoms with Crippen LogP contribution in [-0.4, -0.2) is 54.1 Å². The van der Waals surface area contributed by atoms with Crippen LogP contribution in [0.5, 0.6) is 5.88 Å². The van der Waals surface area contributed by atoms with E-state index in [1.165, 1.54) is 5.69 Å². The van der Waals surface area contributed by atoms with Gasteiger partial charge in [-0.15, -0.1) is 0 Å². The molecule has 0 spiro atoms. The van der Waals surface area contributed by atoms with Gasteiger partial charge in [0, 0.05) is 36.7 Å². The van der Waals surface area contributed by atoms with Gasteiger partial charge in [0.2, 0.25) is 11.8 Å². The van der Waals surface area contributed by atoms with Crippen LogP contribution in [0.1, 0.15) is 25.7 Å². The number of hydrogen-bond acceptors (Lipinski definition) is 7. The maximum atomic E-state index is 9.60. The number of aromatic nitrogens is 2. The highest BCUT2D eigenvalue weighted by Crippen LogP contribution is 2.25. The van der Waals surface area contributed by atoms with Crippen LogP contribution in [0.4, 0.5) is 17.3 Å². The molecule has 2 aromatic rings. The van der Waals surface area contributed by atoms with Crippen LogP contribution in [0.25, 0.3) is 0 Å². The molecule has 4 rings (SSSR count). The highest BCUT2D eigenvalue weighted by atomic mass is 16.5. The zero-order valence-corrected chi connectivity index (χ0v) is 16.1. The van der Waals surface area contributed by atoms with Crippen molar-refractivity contribution in [3.63, 3.8) is 0 Å². The quantitative estimate of drug-likeness (QED) is 0.792. The van der Waals surface area contributed by atoms with Crippen molar-refractivity contribution in [2.75, 3.05) is 43.1 Å². The molecule has 0 unspecified atom stereocenters. The van der Waals surface area contributed by atoms with E-state index in [1.54, 1.807) is 12.3 Å². The summed E-state index contributed by atoms with van der Waals surface area (Å²) in [4.78, 5) is 11.1. The predicted octanol–water partition coefficient (Wildman–Crippen LogP) is 2.99. The van der Waals surface area contributed by atoms with E-state index >= 15 is 0 Å². The van der Waals surface area contributed by atoms with Crippen LogP contribution in [0.15, 0.2) is 36.5 Å². The van der Waals surface area contributed by atoms with Gasteiger partial charge in [0.1, 0.15) is 0 Å². The summed E-state index contributed by atoms with van der Waals surface area (Å²) >= 11 is 0. The summed E-state index contributed by atoms with van der Waals surface area (Å²) in [5.74, 6) is 1.59. The molecule has 0 bridgehead atoms. The topological polar surface area (TPSA) is 79.7 Å². The van der Waals surface area contributed by atoms with Crippen LogP contribution in [-0.2, 0) is 4.74 Å². The standard InChI is InChI=1S/C21H28N4O3/c26-19-7-1-16(2-8-19)15-28-20-9-10-22-21(24-20)23-17-3-5-18(6-4-17)25-11-13-27-14-12-25/h3-6,9-10,16,19,26H,1-2,7-8,11-15H2,(H,22,23,24). The lowest BCUT2D eigenvalue weighted by molar-refractivity contribution is 0.0909. The molecule has 2 fully saturated rings. The third-order valence-corrected chi connectivity index (χ3v) is 5.41. The van der Waals surface area contributed by atoms with E-state index in [1.807, 2.05) is 12.1 Å². The minimum Gasteiger partial charge on any atom is -0.477 e. The van der Waals surface area contributed by atoms with Crippen molar-refractivity contribution < 1.29 is 14.6 Å². The third-order valence-electron chi connectivity index (χ3n) is 5.41. The van der Waals surface area contributed by atoms with Crippen LogP contribution >= 0.6 is 0 Å². The number of morpholine rings is 1. The van der Waals surface area contributed by atoms with Crippen molar-refractivity contribution in [2.45, 2.75) is 31.8 Å². The Hall–Kier alpha value is -2.38. The van der Waals surface area contributed by atoms with Gasteiger partial charge in [-0.05, 0) is 55.9 Å². The zero-order chi connectivity index (χ0) is 19.2. The molecule has 1 saturated heterocycles. The molecular weight excluding hydrogens is 356 g/mol. The molecule has 7 nitrogen and oxygen atoms in total. The van der Waals surface area contributed by atoms with Gasteiger partial charge in [0.15, 0.2) is 0 Å². The van der Waals surface area contributed by atoms with Gasteiger partial charge in [0.05, 0.1) is 25.9 Å². The first-order valence-electron chi connectivity index (χ1n) is 10.1. The van der Waals surface area contributed by atoms with E-state index in [9.17, 15) is 5.11 Å². The summed E-state index contributed by atoms with van der Waals surface area (Å²) in [6.07, 6.45) is 5.31. The number of ether oxygens (including phenoxy) is 2. The Morgan fingerprint density at radius 3 is 2.57 bits per heavy atom. The Bertz CT molecular complexity index is 742. The number of hydrogen-bond donors (Lipinski definition) is 2. The van der Waals surface area contributed by atoms with E-state index in [0.717, 1.165) is 57.7 Å². The molecular formula is C21H28N4O3. The summed E-state index contributed by atoms with van der Waals surface area (Å²) in [6, 6.07) is 10.1. The summed E-state index contributed by atoms with van der Waals surface area (Å²) in [6.45, 7) is 4.05. The molecule has 150 valence electrons. The van der Waals surface area contributed by atoms with Gasteiger partial charge >= 0.3 is 0 Å². The third kappa shape index (κ3) is 5.11. The Balaban J connectivity index is 1.31. The fourth-order valence-corrected chi connectivity index (χ4v) is 3.70. The molecule has 1 aliphatic carbocycles. The number of aliphatic hydroxyl groups is 1. The minimum atomic E-state index is -0.138. The molecule has 0 amide bonds. The molecule has 1 aliphatic heterocycles. The second-order valence-corrected chi connectivity index (χ2v) is 7.48. The van der Waals surface area contributed by atoms with Crippen molar-refractivity contribution in [2.24, 2.45) is 5.92 Å². The lowest BCUT2D eigenvalue weighted by atomic mass is 9.88. The molecule has 2 heterocycles. The van der Waals surface area contributed by atoms with Crippen molar-refractivity contribution >= 4 is 17.3 Å². The Morgan fingerprint density at radius 1 is 1.07 bits per heavy atom. The summed E-state index contributed by atoms with van der Waals surface area (Å²) < 4.78 is 11.3. The van der Waals surface area contributed by atoms with Crippen LogP contribution in [0, 0.1) is 5.92 Å². The molecule has 0 radical (unpaired) electrons. The first kappa shape index (κ1) is 19.0. The number of nitrogens with zero attached hydrogens (tertiary/aromatic N) is 3. The van der Waals surface area contributed by atoms with Crippen LogP contribution < -0.4 is 15.0 Å². The lowest BCUT2D eigenvalue weighted by Gasteiger charge is -2.28. The number of benzene rings is 1. The second kappa shape index (κ2) is 9.21. The first-order chi connectivity index (χ1) is 13.8. The van der Waals surface area contributed by atoms with Gasteiger partial charge in [-0.3, -0.25) is 0 Å². The lowest BCUT2D eigenvalue weighted by Crippen LogP contribution is -2.36. The summed E-state index contributed by atoms with van der Waals surface area (Å²) in [7, 11) is 0. The normalized spacial score (nSPS) is 22.7. The zero-order valence-electron chi connectivity index (χ0n) is 16.1. The smallest absolute Gasteiger partial charge is 0.230 e. The van der Waals surface area contributed by atoms with Gasteiger partial charge in [0.25, 0.3) is 0 Å². The van der Waals surface area contributed by atoms with Gasteiger partial charge in [-0.2, -0.15) is 4.98 Å². The van der Waals surface area contributed by atoms with E-state index in [-0.39, 0.29) is 6.10 Å². The number of nitrogens with one attached hydrogen (secondary N) is 1. The summed E-state index contributed by atoms with van der Waals surface area (Å²) in [5.41, 5.74) is 2.14. The van der Waals surface area contributed by atoms with Crippen molar-refractivity contribution in [1.29, 1.82) is 0 Å². The van der Waals surface area contributed by atoms with E-state index in [2.05, 4.69) is 32.3 Å². The molecule has 0 atom stereocenters. The highest BCUT2D eigenvalue weighted by molar-refractivity contribution is 5.59. The molecule has 1 aromatic heterocycles. The van der Waals surface area contributed by atoms with Gasteiger partial charge in [-0.25, -0.2) is 4.98 Å². The number of anilines is 3. The largest absolute Gasteiger partial charge is 0.477 e. The first-order valence-corrected chi connectivity index (χ1v) is 10.1. The maximum absolute atomic E-state index is 9.60. The van der Waals surface area contributed by atoms with E-state index < -0.39 is 0 Å². The second-order valence-electron chi connectivity index (χ2n) is 7.48. The molecule has 1 saturated carbocycles. The average molecular weight is 384 g/mol. The van der Waals surface area contributed by atoms with Crippen molar-refractivity contribution in [3.8, 4) is 5.88 Å². The highest BCUT2D eigenvalue weighted by Gasteiger charge is 2.20. The predicted molar refractivity (Wildman–Crippen MR) is 108 cm³/mol. The van der Waals surface area contributed by atoms with E-state index in [0.29, 0.717) is 24.4 Å². The average Bonchev–Trinajstić information content (AvgIpc) is 2.75. The Labute approximate surface area is 165 Å². The molecule has 1 aromatic carbocycles. The van der Waals surface area contributed by atoms with Crippen LogP contribution in [0.3, 0.4) is 0 Å². The van der Waals surface area contributed by atoms with Crippen molar-refractivity contribution in [3.05, 3.63) is 36.5 Å². The van der Waals surface area contributed by atoms with Gasteiger partial charge < -0.3 is 24.8 Å². The van der Waals surface area contributed by atoms with Crippen molar-refractivity contribution in [1.82, 2.24) is 9.97 Å². The Morgan fingerprint density at radius 2 is 1.82 bits per heavy atom. The molecule has 2 aliphatic rings. The Kier molecular flexibility index (Phi) is 6.24. The fourth-order valence-electron chi connectivity index (χ4n) is 3.70. The van der Waals surface area contributed by atoms with E-state index in [4.69, 9.17) is 9.47 Å². The number of aliphatic hydroxyl groups excluding tert-OH is 1.